The first-order valence-electron chi connectivity index (χ1n) is 9.42. The van der Waals surface area contributed by atoms with Crippen LogP contribution in [0.4, 0.5) is 0 Å². The van der Waals surface area contributed by atoms with Gasteiger partial charge >= 0.3 is 11.9 Å². The van der Waals surface area contributed by atoms with E-state index in [1.807, 2.05) is 20.8 Å². The Balaban J connectivity index is 4.42. The molecular formula is C19H36O7S. The summed E-state index contributed by atoms with van der Waals surface area (Å²) in [7, 11) is 0. The summed E-state index contributed by atoms with van der Waals surface area (Å²) in [5.74, 6) is -0.329. The van der Waals surface area contributed by atoms with E-state index in [1.54, 1.807) is 13.8 Å². The molecule has 0 aromatic carbocycles. The van der Waals surface area contributed by atoms with Crippen LogP contribution in [0.25, 0.3) is 0 Å². The van der Waals surface area contributed by atoms with Crippen molar-refractivity contribution in [3.8, 4) is 0 Å². The van der Waals surface area contributed by atoms with Gasteiger partial charge in [0.15, 0.2) is 0 Å². The molecular weight excluding hydrogens is 372 g/mol. The average Bonchev–Trinajstić information content (AvgIpc) is 2.61. The second-order valence-corrected chi connectivity index (χ2v) is 8.92. The molecule has 8 heteroatoms. The lowest BCUT2D eigenvalue weighted by molar-refractivity contribution is -0.160. The van der Waals surface area contributed by atoms with Crippen LogP contribution in [-0.2, 0) is 19.1 Å². The van der Waals surface area contributed by atoms with E-state index < -0.39 is 23.6 Å². The molecule has 0 aliphatic carbocycles. The maximum atomic E-state index is 12.4. The van der Waals surface area contributed by atoms with Crippen molar-refractivity contribution >= 4 is 23.7 Å². The summed E-state index contributed by atoms with van der Waals surface area (Å²) in [5, 5.41) is 27.8. The zero-order chi connectivity index (χ0) is 21.0. The maximum absolute atomic E-state index is 12.4. The van der Waals surface area contributed by atoms with E-state index in [9.17, 15) is 19.8 Å². The fourth-order valence-electron chi connectivity index (χ4n) is 2.27. The van der Waals surface area contributed by atoms with E-state index in [-0.39, 0.29) is 36.8 Å². The van der Waals surface area contributed by atoms with Crippen LogP contribution in [0.3, 0.4) is 0 Å². The zero-order valence-corrected chi connectivity index (χ0v) is 18.0. The number of aliphatic hydroxyl groups is 3. The molecule has 27 heavy (non-hydrogen) atoms. The predicted molar refractivity (Wildman–Crippen MR) is 105 cm³/mol. The van der Waals surface area contributed by atoms with Gasteiger partial charge in [-0.15, -0.1) is 0 Å². The van der Waals surface area contributed by atoms with Gasteiger partial charge in [0.05, 0.1) is 36.8 Å². The smallest absolute Gasteiger partial charge is 0.311 e. The second kappa shape index (κ2) is 13.4. The Morgan fingerprint density at radius 1 is 1.04 bits per heavy atom. The predicted octanol–water partition coefficient (Wildman–Crippen LogP) is 1.62. The molecule has 0 amide bonds. The van der Waals surface area contributed by atoms with E-state index in [0.717, 1.165) is 0 Å². The third-order valence-electron chi connectivity index (χ3n) is 3.93. The third kappa shape index (κ3) is 11.6. The van der Waals surface area contributed by atoms with Gasteiger partial charge in [-0.2, -0.15) is 11.8 Å². The molecule has 0 spiro atoms. The van der Waals surface area contributed by atoms with Gasteiger partial charge in [0.1, 0.15) is 6.61 Å². The Labute approximate surface area is 166 Å². The van der Waals surface area contributed by atoms with Gasteiger partial charge in [-0.3, -0.25) is 9.59 Å². The SMILES string of the molecule is CCC(CC(C)(C)C(=O)OCC(O)CSCC(O)CO)C(=O)OCC(C)C. The first-order chi connectivity index (χ1) is 12.5. The van der Waals surface area contributed by atoms with Crippen LogP contribution in [0.15, 0.2) is 0 Å². The number of ether oxygens (including phenoxy) is 2. The standard InChI is InChI=1S/C19H36O7S/c1-6-14(17(23)25-9-13(2)3)7-19(4,5)18(24)26-10-16(22)12-27-11-15(21)8-20/h13-16,20-22H,6-12H2,1-5H3. The van der Waals surface area contributed by atoms with Crippen LogP contribution in [0, 0.1) is 17.3 Å². The Hall–Kier alpha value is -0.830. The summed E-state index contributed by atoms with van der Waals surface area (Å²) >= 11 is 1.27. The van der Waals surface area contributed by atoms with Crippen molar-refractivity contribution in [2.75, 3.05) is 31.3 Å². The van der Waals surface area contributed by atoms with Gasteiger partial charge in [-0.25, -0.2) is 0 Å². The third-order valence-corrected chi connectivity index (χ3v) is 5.17. The zero-order valence-electron chi connectivity index (χ0n) is 17.1. The van der Waals surface area contributed by atoms with E-state index in [0.29, 0.717) is 25.2 Å². The number of carbonyl (C=O) groups is 2. The molecule has 0 saturated carbocycles. The van der Waals surface area contributed by atoms with Crippen LogP contribution in [0.2, 0.25) is 0 Å². The molecule has 0 saturated heterocycles. The number of rotatable bonds is 14. The van der Waals surface area contributed by atoms with E-state index in [4.69, 9.17) is 14.6 Å². The number of thioether (sulfide) groups is 1. The maximum Gasteiger partial charge on any atom is 0.311 e. The monoisotopic (exact) mass is 408 g/mol. The van der Waals surface area contributed by atoms with Crippen molar-refractivity contribution in [2.45, 2.75) is 59.7 Å². The van der Waals surface area contributed by atoms with Gasteiger partial charge in [-0.1, -0.05) is 20.8 Å². The van der Waals surface area contributed by atoms with E-state index >= 15 is 0 Å². The highest BCUT2D eigenvalue weighted by molar-refractivity contribution is 7.99. The number of hydrogen-bond acceptors (Lipinski definition) is 8. The van der Waals surface area contributed by atoms with Crippen molar-refractivity contribution in [1.29, 1.82) is 0 Å². The molecule has 0 rings (SSSR count). The molecule has 0 aliphatic heterocycles. The largest absolute Gasteiger partial charge is 0.465 e. The lowest BCUT2D eigenvalue weighted by Crippen LogP contribution is -2.34. The minimum Gasteiger partial charge on any atom is -0.465 e. The molecule has 0 bridgehead atoms. The minimum atomic E-state index is -0.878. The van der Waals surface area contributed by atoms with Crippen LogP contribution in [0.1, 0.15) is 47.5 Å². The molecule has 0 heterocycles. The Morgan fingerprint density at radius 3 is 2.15 bits per heavy atom. The first kappa shape index (κ1) is 26.2. The molecule has 3 atom stereocenters. The Bertz CT molecular complexity index is 440. The summed E-state index contributed by atoms with van der Waals surface area (Å²) < 4.78 is 10.5. The quantitative estimate of drug-likeness (QED) is 0.372. The number of carbonyl (C=O) groups excluding carboxylic acids is 2. The molecule has 0 aromatic heterocycles. The Morgan fingerprint density at radius 2 is 1.63 bits per heavy atom. The van der Waals surface area contributed by atoms with Crippen molar-refractivity contribution in [3.63, 3.8) is 0 Å². The van der Waals surface area contributed by atoms with Crippen molar-refractivity contribution in [2.24, 2.45) is 17.3 Å². The molecule has 0 aromatic rings. The topological polar surface area (TPSA) is 113 Å². The highest BCUT2D eigenvalue weighted by Crippen LogP contribution is 2.29. The summed E-state index contributed by atoms with van der Waals surface area (Å²) in [6.45, 7) is 9.11. The average molecular weight is 409 g/mol. The van der Waals surface area contributed by atoms with Gasteiger partial charge in [0.25, 0.3) is 0 Å². The highest BCUT2D eigenvalue weighted by Gasteiger charge is 2.35. The molecule has 3 unspecified atom stereocenters. The molecule has 0 radical (unpaired) electrons. The fourth-order valence-corrected chi connectivity index (χ4v) is 3.15. The van der Waals surface area contributed by atoms with Crippen LogP contribution < -0.4 is 0 Å². The highest BCUT2D eigenvalue weighted by atomic mass is 32.2. The minimum absolute atomic E-state index is 0.154. The van der Waals surface area contributed by atoms with Crippen LogP contribution >= 0.6 is 11.8 Å². The van der Waals surface area contributed by atoms with Crippen LogP contribution in [0.5, 0.6) is 0 Å². The molecule has 0 aliphatic rings. The van der Waals surface area contributed by atoms with Crippen LogP contribution in [-0.4, -0.2) is 70.8 Å². The fraction of sp³-hybridized carbons (Fsp3) is 0.895. The van der Waals surface area contributed by atoms with Gasteiger partial charge in [0.2, 0.25) is 0 Å². The molecule has 3 N–H and O–H groups in total. The summed E-state index contributed by atoms with van der Waals surface area (Å²) in [6.07, 6.45) is -0.809. The second-order valence-electron chi connectivity index (χ2n) is 7.84. The van der Waals surface area contributed by atoms with E-state index in [1.165, 1.54) is 11.8 Å². The lowest BCUT2D eigenvalue weighted by Gasteiger charge is -2.27. The van der Waals surface area contributed by atoms with Crippen molar-refractivity contribution in [3.05, 3.63) is 0 Å². The normalized spacial score (nSPS) is 15.3. The molecule has 160 valence electrons. The summed E-state index contributed by atoms with van der Waals surface area (Å²) in [6, 6.07) is 0. The van der Waals surface area contributed by atoms with Gasteiger partial charge in [0, 0.05) is 11.5 Å². The number of hydrogen-bond donors (Lipinski definition) is 3. The van der Waals surface area contributed by atoms with Crippen molar-refractivity contribution in [1.82, 2.24) is 0 Å². The first-order valence-corrected chi connectivity index (χ1v) is 10.6. The number of esters is 2. The summed E-state index contributed by atoms with van der Waals surface area (Å²) in [5.41, 5.74) is -0.878. The number of aliphatic hydroxyl groups excluding tert-OH is 3. The lowest BCUT2D eigenvalue weighted by atomic mass is 9.81. The van der Waals surface area contributed by atoms with Gasteiger partial charge in [-0.05, 0) is 32.6 Å². The van der Waals surface area contributed by atoms with E-state index in [2.05, 4.69) is 0 Å². The molecule has 7 nitrogen and oxygen atoms in total. The Kier molecular flexibility index (Phi) is 13.0. The molecule has 0 fully saturated rings. The van der Waals surface area contributed by atoms with Gasteiger partial charge < -0.3 is 24.8 Å². The van der Waals surface area contributed by atoms with Crippen molar-refractivity contribution < 1.29 is 34.4 Å². The summed E-state index contributed by atoms with van der Waals surface area (Å²) in [4.78, 5) is 24.6.